The first kappa shape index (κ1) is 11.5. The van der Waals surface area contributed by atoms with Gasteiger partial charge < -0.3 is 14.9 Å². The zero-order chi connectivity index (χ0) is 11.6. The minimum Gasteiger partial charge on any atom is -0.423 e. The zero-order valence-electron chi connectivity index (χ0n) is 8.41. The highest BCUT2D eigenvalue weighted by atomic mass is 16.6. The Bertz CT molecular complexity index is 381. The third-order valence-electron chi connectivity index (χ3n) is 2.00. The monoisotopic (exact) mass is 210 g/mol. The molecule has 1 aromatic rings. The summed E-state index contributed by atoms with van der Waals surface area (Å²) >= 11 is 0. The van der Waals surface area contributed by atoms with Crippen molar-refractivity contribution in [3.05, 3.63) is 28.3 Å². The first-order valence-electron chi connectivity index (χ1n) is 4.25. The van der Waals surface area contributed by atoms with Crippen molar-refractivity contribution >= 4 is 24.0 Å². The van der Waals surface area contributed by atoms with Crippen molar-refractivity contribution in [1.29, 1.82) is 0 Å². The van der Waals surface area contributed by atoms with Crippen molar-refractivity contribution in [2.45, 2.75) is 0 Å². The van der Waals surface area contributed by atoms with Crippen LogP contribution >= 0.6 is 0 Å². The fraction of sp³-hybridized carbons (Fsp3) is 0.250. The van der Waals surface area contributed by atoms with Crippen LogP contribution in [-0.2, 0) is 0 Å². The van der Waals surface area contributed by atoms with Crippen LogP contribution in [0.5, 0.6) is 0 Å². The van der Waals surface area contributed by atoms with Gasteiger partial charge in [-0.05, 0) is 12.1 Å². The molecule has 6 nitrogen and oxygen atoms in total. The molecule has 1 rings (SSSR count). The van der Waals surface area contributed by atoms with Gasteiger partial charge in [0.2, 0.25) is 0 Å². The smallest absolute Gasteiger partial charge is 0.423 e. The van der Waals surface area contributed by atoms with Crippen molar-refractivity contribution in [2.24, 2.45) is 0 Å². The standard InChI is InChI=1S/C8H11BN2O4/c1-10(2)6-3-4-8(11(14)15)7(5-6)9(12)13/h3-5,12-13H,1-2H3. The highest BCUT2D eigenvalue weighted by Crippen LogP contribution is 2.15. The van der Waals surface area contributed by atoms with Crippen molar-refractivity contribution in [1.82, 2.24) is 0 Å². The molecule has 0 fully saturated rings. The lowest BCUT2D eigenvalue weighted by Gasteiger charge is -2.13. The molecule has 80 valence electrons. The predicted molar refractivity (Wildman–Crippen MR) is 57.2 cm³/mol. The minimum absolute atomic E-state index is 0.105. The normalized spacial score (nSPS) is 9.87. The minimum atomic E-state index is -1.84. The molecule has 0 aliphatic heterocycles. The molecule has 0 atom stereocenters. The maximum atomic E-state index is 10.6. The third kappa shape index (κ3) is 2.45. The Balaban J connectivity index is 3.27. The summed E-state index contributed by atoms with van der Waals surface area (Å²) in [6.45, 7) is 0. The van der Waals surface area contributed by atoms with E-state index in [1.54, 1.807) is 25.1 Å². The van der Waals surface area contributed by atoms with E-state index in [-0.39, 0.29) is 11.2 Å². The Kier molecular flexibility index (Phi) is 3.28. The molecule has 0 radical (unpaired) electrons. The van der Waals surface area contributed by atoms with Gasteiger partial charge in [-0.1, -0.05) is 0 Å². The summed E-state index contributed by atoms with van der Waals surface area (Å²) in [6, 6.07) is 4.18. The Morgan fingerprint density at radius 2 is 2.00 bits per heavy atom. The van der Waals surface area contributed by atoms with Crippen LogP contribution in [0.15, 0.2) is 18.2 Å². The van der Waals surface area contributed by atoms with E-state index < -0.39 is 12.0 Å². The number of hydrogen-bond donors (Lipinski definition) is 2. The second-order valence-corrected chi connectivity index (χ2v) is 3.27. The fourth-order valence-corrected chi connectivity index (χ4v) is 1.19. The quantitative estimate of drug-likeness (QED) is 0.393. The maximum absolute atomic E-state index is 10.6. The van der Waals surface area contributed by atoms with Gasteiger partial charge in [-0.3, -0.25) is 10.1 Å². The van der Waals surface area contributed by atoms with Gasteiger partial charge in [0.25, 0.3) is 5.69 Å². The van der Waals surface area contributed by atoms with Gasteiger partial charge in [-0.2, -0.15) is 0 Å². The molecule has 1 aromatic carbocycles. The van der Waals surface area contributed by atoms with Gasteiger partial charge in [0.1, 0.15) is 0 Å². The van der Waals surface area contributed by atoms with Crippen LogP contribution in [0.2, 0.25) is 0 Å². The molecule has 7 heteroatoms. The van der Waals surface area contributed by atoms with Gasteiger partial charge in [-0.25, -0.2) is 0 Å². The maximum Gasteiger partial charge on any atom is 0.495 e. The Labute approximate surface area is 87.1 Å². The van der Waals surface area contributed by atoms with E-state index in [2.05, 4.69) is 0 Å². The van der Waals surface area contributed by atoms with Crippen LogP contribution in [0.25, 0.3) is 0 Å². The van der Waals surface area contributed by atoms with Gasteiger partial charge in [0, 0.05) is 25.8 Å². The van der Waals surface area contributed by atoms with E-state index in [4.69, 9.17) is 10.0 Å². The molecular weight excluding hydrogens is 199 g/mol. The highest BCUT2D eigenvalue weighted by Gasteiger charge is 2.24. The summed E-state index contributed by atoms with van der Waals surface area (Å²) in [6.07, 6.45) is 0. The van der Waals surface area contributed by atoms with E-state index in [1.165, 1.54) is 12.1 Å². The van der Waals surface area contributed by atoms with Gasteiger partial charge >= 0.3 is 7.12 Å². The largest absolute Gasteiger partial charge is 0.495 e. The predicted octanol–water partition coefficient (Wildman–Crippen LogP) is -0.659. The first-order valence-corrected chi connectivity index (χ1v) is 4.25. The van der Waals surface area contributed by atoms with Crippen molar-refractivity contribution in [3.8, 4) is 0 Å². The molecular formula is C8H11BN2O4. The summed E-state index contributed by atoms with van der Waals surface area (Å²) < 4.78 is 0. The molecule has 0 amide bonds. The molecule has 0 spiro atoms. The molecule has 0 aliphatic rings. The topological polar surface area (TPSA) is 86.8 Å². The van der Waals surface area contributed by atoms with Gasteiger partial charge in [0.05, 0.1) is 10.4 Å². The molecule has 0 aromatic heterocycles. The average Bonchev–Trinajstić information content (AvgIpc) is 2.16. The van der Waals surface area contributed by atoms with Crippen molar-refractivity contribution in [3.63, 3.8) is 0 Å². The highest BCUT2D eigenvalue weighted by molar-refractivity contribution is 6.60. The van der Waals surface area contributed by atoms with E-state index in [0.717, 1.165) is 0 Å². The summed E-state index contributed by atoms with van der Waals surface area (Å²) in [5.41, 5.74) is 0.269. The molecule has 0 bridgehead atoms. The van der Waals surface area contributed by atoms with Gasteiger partial charge in [-0.15, -0.1) is 0 Å². The third-order valence-corrected chi connectivity index (χ3v) is 2.00. The van der Waals surface area contributed by atoms with Crippen molar-refractivity contribution in [2.75, 3.05) is 19.0 Å². The molecule has 0 saturated carbocycles. The van der Waals surface area contributed by atoms with Crippen LogP contribution in [0.4, 0.5) is 11.4 Å². The van der Waals surface area contributed by atoms with Crippen LogP contribution in [0, 0.1) is 10.1 Å². The first-order chi connectivity index (χ1) is 6.93. The van der Waals surface area contributed by atoms with Crippen LogP contribution in [0.1, 0.15) is 0 Å². The van der Waals surface area contributed by atoms with Gasteiger partial charge in [0.15, 0.2) is 0 Å². The zero-order valence-corrected chi connectivity index (χ0v) is 8.41. The average molecular weight is 210 g/mol. The fourth-order valence-electron chi connectivity index (χ4n) is 1.19. The molecule has 0 unspecified atom stereocenters. The van der Waals surface area contributed by atoms with Crippen molar-refractivity contribution < 1.29 is 15.0 Å². The van der Waals surface area contributed by atoms with Crippen LogP contribution < -0.4 is 10.4 Å². The second kappa shape index (κ2) is 4.29. The molecule has 2 N–H and O–H groups in total. The van der Waals surface area contributed by atoms with E-state index >= 15 is 0 Å². The summed E-state index contributed by atoms with van der Waals surface area (Å²) in [7, 11) is 1.67. The summed E-state index contributed by atoms with van der Waals surface area (Å²) in [4.78, 5) is 11.7. The lowest BCUT2D eigenvalue weighted by atomic mass is 9.78. The molecule has 15 heavy (non-hydrogen) atoms. The number of nitro groups is 1. The Hall–Kier alpha value is -1.60. The van der Waals surface area contributed by atoms with E-state index in [1.807, 2.05) is 0 Å². The number of nitrogens with zero attached hydrogens (tertiary/aromatic N) is 2. The summed E-state index contributed by atoms with van der Waals surface area (Å²) in [5, 5.41) is 28.6. The molecule has 0 saturated heterocycles. The number of anilines is 1. The van der Waals surface area contributed by atoms with E-state index in [0.29, 0.717) is 5.69 Å². The Morgan fingerprint density at radius 3 is 2.40 bits per heavy atom. The number of rotatable bonds is 3. The van der Waals surface area contributed by atoms with Crippen LogP contribution in [0.3, 0.4) is 0 Å². The molecule has 0 aliphatic carbocycles. The number of benzene rings is 1. The summed E-state index contributed by atoms with van der Waals surface area (Å²) in [5.74, 6) is 0. The number of hydrogen-bond acceptors (Lipinski definition) is 5. The second-order valence-electron chi connectivity index (χ2n) is 3.27. The molecule has 0 heterocycles. The lowest BCUT2D eigenvalue weighted by molar-refractivity contribution is -0.383. The lowest BCUT2D eigenvalue weighted by Crippen LogP contribution is -2.32. The Morgan fingerprint density at radius 1 is 1.40 bits per heavy atom. The number of nitro benzene ring substituents is 1. The SMILES string of the molecule is CN(C)c1ccc([N+](=O)[O-])c(B(O)O)c1. The van der Waals surface area contributed by atoms with E-state index in [9.17, 15) is 10.1 Å². The van der Waals surface area contributed by atoms with Crippen LogP contribution in [-0.4, -0.2) is 36.2 Å².